The van der Waals surface area contributed by atoms with Gasteiger partial charge in [-0.15, -0.1) is 0 Å². The summed E-state index contributed by atoms with van der Waals surface area (Å²) in [5.41, 5.74) is 3.94. The van der Waals surface area contributed by atoms with E-state index in [0.29, 0.717) is 40.4 Å². The maximum atomic E-state index is 15.1. The van der Waals surface area contributed by atoms with Crippen LogP contribution < -0.4 is 0 Å². The van der Waals surface area contributed by atoms with Crippen molar-refractivity contribution in [3.05, 3.63) is 118 Å². The quantitative estimate of drug-likeness (QED) is 0.338. The molecule has 37 heavy (non-hydrogen) atoms. The molecule has 3 aromatic carbocycles. The van der Waals surface area contributed by atoms with Crippen LogP contribution in [0.25, 0.3) is 0 Å². The number of rotatable bonds is 6. The lowest BCUT2D eigenvalue weighted by Gasteiger charge is -2.36. The van der Waals surface area contributed by atoms with Gasteiger partial charge in [-0.25, -0.2) is 4.39 Å². The minimum Gasteiger partial charge on any atom is -0.465 e. The maximum absolute atomic E-state index is 15.1. The average Bonchev–Trinajstić information content (AvgIpc) is 2.89. The second-order valence-corrected chi connectivity index (χ2v) is 10.0. The van der Waals surface area contributed by atoms with Crippen molar-refractivity contribution in [2.75, 3.05) is 6.61 Å². The molecule has 4 nitrogen and oxygen atoms in total. The first-order chi connectivity index (χ1) is 17.9. The number of aliphatic imine (C=N–C) groups is 1. The zero-order valence-electron chi connectivity index (χ0n) is 20.5. The van der Waals surface area contributed by atoms with E-state index in [9.17, 15) is 9.59 Å². The average molecular weight is 516 g/mol. The van der Waals surface area contributed by atoms with Gasteiger partial charge in [-0.1, -0.05) is 72.3 Å². The number of hydrogen-bond donors (Lipinski definition) is 0. The van der Waals surface area contributed by atoms with Gasteiger partial charge in [0.05, 0.1) is 6.61 Å². The summed E-state index contributed by atoms with van der Waals surface area (Å²) < 4.78 is 20.8. The summed E-state index contributed by atoms with van der Waals surface area (Å²) in [4.78, 5) is 31.8. The van der Waals surface area contributed by atoms with E-state index >= 15 is 4.39 Å². The molecule has 2 aliphatic rings. The normalized spacial score (nSPS) is 21.3. The predicted molar refractivity (Wildman–Crippen MR) is 142 cm³/mol. The van der Waals surface area contributed by atoms with Crippen molar-refractivity contribution in [2.45, 2.75) is 38.0 Å². The second kappa shape index (κ2) is 10.8. The van der Waals surface area contributed by atoms with E-state index < -0.39 is 23.6 Å². The van der Waals surface area contributed by atoms with Gasteiger partial charge in [-0.2, -0.15) is 0 Å². The van der Waals surface area contributed by atoms with Crippen LogP contribution in [-0.4, -0.2) is 24.1 Å². The molecule has 1 heterocycles. The third-order valence-corrected chi connectivity index (χ3v) is 7.45. The molecule has 0 saturated carbocycles. The Morgan fingerprint density at radius 1 is 1.00 bits per heavy atom. The monoisotopic (exact) mass is 515 g/mol. The van der Waals surface area contributed by atoms with Gasteiger partial charge in [0, 0.05) is 40.8 Å². The lowest BCUT2D eigenvalue weighted by atomic mass is 9.69. The summed E-state index contributed by atoms with van der Waals surface area (Å²) in [5, 5.41) is 0.630. The van der Waals surface area contributed by atoms with Crippen LogP contribution in [0.2, 0.25) is 5.02 Å². The Balaban J connectivity index is 1.47. The fourth-order valence-corrected chi connectivity index (χ4v) is 5.53. The largest absolute Gasteiger partial charge is 0.465 e. The number of Topliss-reactive ketones (excluding diaryl/α,β-unsaturated/α-hetero) is 1. The van der Waals surface area contributed by atoms with Crippen LogP contribution in [-0.2, 0) is 20.7 Å². The minimum absolute atomic E-state index is 0.0595. The fraction of sp³-hybridized carbons (Fsp3) is 0.258. The zero-order valence-corrected chi connectivity index (χ0v) is 21.2. The van der Waals surface area contributed by atoms with Crippen LogP contribution in [0.5, 0.6) is 0 Å². The molecule has 0 spiro atoms. The lowest BCUT2D eigenvalue weighted by molar-refractivity contribution is -0.146. The Morgan fingerprint density at radius 2 is 1.70 bits per heavy atom. The molecule has 3 atom stereocenters. The van der Waals surface area contributed by atoms with E-state index in [1.807, 2.05) is 54.6 Å². The molecule has 0 N–H and O–H groups in total. The summed E-state index contributed by atoms with van der Waals surface area (Å²) in [6.45, 7) is 1.95. The van der Waals surface area contributed by atoms with E-state index in [0.717, 1.165) is 11.1 Å². The SMILES string of the molecule is CC1=NC2=C(C(=O)C[C@H](c3ccc(Cl)cc3)C2)[C@@H](c2ccccc2F)C1C(=O)OCCc1ccccc1. The molecule has 188 valence electrons. The number of esters is 1. The van der Waals surface area contributed by atoms with Crippen molar-refractivity contribution < 1.29 is 18.7 Å². The summed E-state index contributed by atoms with van der Waals surface area (Å²) in [6.07, 6.45) is 1.35. The molecule has 1 aliphatic heterocycles. The summed E-state index contributed by atoms with van der Waals surface area (Å²) in [6, 6.07) is 23.5. The Kier molecular flexibility index (Phi) is 7.33. The summed E-state index contributed by atoms with van der Waals surface area (Å²) in [7, 11) is 0. The van der Waals surface area contributed by atoms with Crippen LogP contribution in [0, 0.1) is 11.7 Å². The summed E-state index contributed by atoms with van der Waals surface area (Å²) >= 11 is 6.05. The van der Waals surface area contributed by atoms with Crippen molar-refractivity contribution in [3.8, 4) is 0 Å². The van der Waals surface area contributed by atoms with Gasteiger partial charge in [-0.3, -0.25) is 14.6 Å². The van der Waals surface area contributed by atoms with E-state index in [1.165, 1.54) is 6.07 Å². The molecule has 6 heteroatoms. The van der Waals surface area contributed by atoms with E-state index in [-0.39, 0.29) is 24.7 Å². The Hall–Kier alpha value is -3.57. The Bertz CT molecular complexity index is 1380. The highest BCUT2D eigenvalue weighted by Crippen LogP contribution is 2.47. The number of hydrogen-bond acceptors (Lipinski definition) is 4. The number of ketones is 1. The van der Waals surface area contributed by atoms with E-state index in [4.69, 9.17) is 21.3 Å². The molecule has 1 unspecified atom stereocenters. The molecular weight excluding hydrogens is 489 g/mol. The van der Waals surface area contributed by atoms with Gasteiger partial charge in [0.1, 0.15) is 11.7 Å². The van der Waals surface area contributed by atoms with Crippen LogP contribution in [0.1, 0.15) is 48.3 Å². The van der Waals surface area contributed by atoms with Gasteiger partial charge in [-0.05, 0) is 54.2 Å². The van der Waals surface area contributed by atoms with Gasteiger partial charge in [0.2, 0.25) is 0 Å². The minimum atomic E-state index is -0.873. The molecule has 1 aliphatic carbocycles. The molecule has 5 rings (SSSR count). The number of carbonyl (C=O) groups excluding carboxylic acids is 2. The van der Waals surface area contributed by atoms with Crippen LogP contribution >= 0.6 is 11.6 Å². The molecule has 0 radical (unpaired) electrons. The Labute approximate surface area is 220 Å². The highest BCUT2D eigenvalue weighted by Gasteiger charge is 2.45. The number of allylic oxidation sites excluding steroid dienone is 2. The van der Waals surface area contributed by atoms with Crippen LogP contribution in [0.4, 0.5) is 4.39 Å². The van der Waals surface area contributed by atoms with Gasteiger partial charge in [0.25, 0.3) is 0 Å². The number of halogens is 2. The number of ether oxygens (including phenoxy) is 1. The third kappa shape index (κ3) is 5.28. The number of benzene rings is 3. The number of carbonyl (C=O) groups is 2. The maximum Gasteiger partial charge on any atom is 0.315 e. The van der Waals surface area contributed by atoms with Crippen molar-refractivity contribution in [1.82, 2.24) is 0 Å². The smallest absolute Gasteiger partial charge is 0.315 e. The van der Waals surface area contributed by atoms with Gasteiger partial charge >= 0.3 is 5.97 Å². The molecular formula is C31H27ClFNO3. The highest BCUT2D eigenvalue weighted by atomic mass is 35.5. The molecule has 0 saturated heterocycles. The molecule has 0 bridgehead atoms. The van der Waals surface area contributed by atoms with Crippen molar-refractivity contribution in [2.24, 2.45) is 10.9 Å². The highest BCUT2D eigenvalue weighted by molar-refractivity contribution is 6.30. The van der Waals surface area contributed by atoms with Crippen molar-refractivity contribution in [1.29, 1.82) is 0 Å². The third-order valence-electron chi connectivity index (χ3n) is 7.20. The first-order valence-corrected chi connectivity index (χ1v) is 12.8. The molecule has 3 aromatic rings. The standard InChI is InChI=1S/C31H27ClFNO3/c1-19-28(31(36)37-16-15-20-7-3-2-4-8-20)29(24-9-5-6-10-25(24)33)30-26(34-19)17-22(18-27(30)35)21-11-13-23(32)14-12-21/h2-14,22,28-29H,15-18H2,1H3/t22-,28?,29+/m1/s1. The molecule has 0 amide bonds. The molecule has 0 aromatic heterocycles. The first kappa shape index (κ1) is 25.1. The fourth-order valence-electron chi connectivity index (χ4n) is 5.40. The second-order valence-electron chi connectivity index (χ2n) is 9.57. The van der Waals surface area contributed by atoms with Crippen LogP contribution in [0.3, 0.4) is 0 Å². The van der Waals surface area contributed by atoms with Crippen molar-refractivity contribution >= 4 is 29.1 Å². The van der Waals surface area contributed by atoms with Crippen LogP contribution in [0.15, 0.2) is 95.1 Å². The van der Waals surface area contributed by atoms with E-state index in [1.54, 1.807) is 25.1 Å². The summed E-state index contributed by atoms with van der Waals surface area (Å²) in [5.74, 6) is -2.78. The van der Waals surface area contributed by atoms with Crippen molar-refractivity contribution in [3.63, 3.8) is 0 Å². The topological polar surface area (TPSA) is 55.7 Å². The van der Waals surface area contributed by atoms with Gasteiger partial charge < -0.3 is 4.74 Å². The predicted octanol–water partition coefficient (Wildman–Crippen LogP) is 6.84. The van der Waals surface area contributed by atoms with E-state index in [2.05, 4.69) is 0 Å². The number of nitrogens with zero attached hydrogens (tertiary/aromatic N) is 1. The lowest BCUT2D eigenvalue weighted by Crippen LogP contribution is -2.38. The Morgan fingerprint density at radius 3 is 2.43 bits per heavy atom. The van der Waals surface area contributed by atoms with Gasteiger partial charge in [0.15, 0.2) is 5.78 Å². The first-order valence-electron chi connectivity index (χ1n) is 12.4. The molecule has 0 fully saturated rings. The zero-order chi connectivity index (χ0) is 25.9.